The lowest BCUT2D eigenvalue weighted by molar-refractivity contribution is 0.0896. The third kappa shape index (κ3) is 3.55. The van der Waals surface area contributed by atoms with Gasteiger partial charge in [-0.25, -0.2) is 4.98 Å². The summed E-state index contributed by atoms with van der Waals surface area (Å²) in [6, 6.07) is 12.9. The van der Waals surface area contributed by atoms with Gasteiger partial charge in [-0.15, -0.1) is 11.3 Å². The molecule has 0 aliphatic heterocycles. The molecule has 5 nitrogen and oxygen atoms in total. The van der Waals surface area contributed by atoms with Gasteiger partial charge >= 0.3 is 0 Å². The van der Waals surface area contributed by atoms with Crippen LogP contribution in [-0.2, 0) is 4.74 Å². The molecule has 0 radical (unpaired) electrons. The first-order chi connectivity index (χ1) is 11.7. The molecule has 6 heteroatoms. The predicted octanol–water partition coefficient (Wildman–Crippen LogP) is 3.42. The standard InChI is InChI=1S/C18H18N2O3S/c1-22-10-16(12-4-3-5-14(8-12)23-2)20-18(21)13-6-7-15-17(9-13)24-11-19-15/h3-9,11,16H,10H2,1-2H3,(H,20,21). The second kappa shape index (κ2) is 7.42. The van der Waals surface area contributed by atoms with Crippen LogP contribution in [0.25, 0.3) is 10.2 Å². The number of hydrogen-bond donors (Lipinski definition) is 1. The van der Waals surface area contributed by atoms with E-state index in [1.807, 2.05) is 36.4 Å². The zero-order chi connectivity index (χ0) is 16.9. The zero-order valence-electron chi connectivity index (χ0n) is 13.5. The molecule has 0 saturated carbocycles. The summed E-state index contributed by atoms with van der Waals surface area (Å²) < 4.78 is 11.5. The third-order valence-electron chi connectivity index (χ3n) is 3.73. The number of hydrogen-bond acceptors (Lipinski definition) is 5. The van der Waals surface area contributed by atoms with Gasteiger partial charge in [0.15, 0.2) is 0 Å². The minimum Gasteiger partial charge on any atom is -0.497 e. The number of carbonyl (C=O) groups is 1. The molecule has 0 bridgehead atoms. The van der Waals surface area contributed by atoms with E-state index in [1.165, 1.54) is 11.3 Å². The van der Waals surface area contributed by atoms with Crippen molar-refractivity contribution < 1.29 is 14.3 Å². The molecule has 3 aromatic rings. The van der Waals surface area contributed by atoms with Gasteiger partial charge in [0, 0.05) is 12.7 Å². The van der Waals surface area contributed by atoms with Gasteiger partial charge in [-0.05, 0) is 35.9 Å². The quantitative estimate of drug-likeness (QED) is 0.746. The highest BCUT2D eigenvalue weighted by Gasteiger charge is 2.17. The van der Waals surface area contributed by atoms with Crippen LogP contribution < -0.4 is 10.1 Å². The van der Waals surface area contributed by atoms with E-state index in [2.05, 4.69) is 10.3 Å². The van der Waals surface area contributed by atoms with E-state index in [-0.39, 0.29) is 11.9 Å². The first kappa shape index (κ1) is 16.4. The van der Waals surface area contributed by atoms with Gasteiger partial charge in [-0.3, -0.25) is 4.79 Å². The minimum absolute atomic E-state index is 0.143. The van der Waals surface area contributed by atoms with Gasteiger partial charge in [0.1, 0.15) is 5.75 Å². The summed E-state index contributed by atoms with van der Waals surface area (Å²) in [5, 5.41) is 3.02. The van der Waals surface area contributed by atoms with Crippen LogP contribution in [0, 0.1) is 0 Å². The molecule has 0 fully saturated rings. The monoisotopic (exact) mass is 342 g/mol. The summed E-state index contributed by atoms with van der Waals surface area (Å²) in [6.45, 7) is 0.377. The molecule has 1 N–H and O–H groups in total. The summed E-state index contributed by atoms with van der Waals surface area (Å²) in [4.78, 5) is 16.8. The molecule has 1 heterocycles. The second-order valence-electron chi connectivity index (χ2n) is 5.29. The molecule has 1 aromatic heterocycles. The molecule has 1 amide bonds. The number of thiazole rings is 1. The van der Waals surface area contributed by atoms with Crippen LogP contribution in [0.15, 0.2) is 48.0 Å². The Bertz CT molecular complexity index is 847. The Hall–Kier alpha value is -2.44. The van der Waals surface area contributed by atoms with Crippen molar-refractivity contribution in [2.45, 2.75) is 6.04 Å². The molecular formula is C18H18N2O3S. The van der Waals surface area contributed by atoms with Crippen LogP contribution in [0.5, 0.6) is 5.75 Å². The fourth-order valence-electron chi connectivity index (χ4n) is 2.48. The number of nitrogens with one attached hydrogen (secondary N) is 1. The summed E-state index contributed by atoms with van der Waals surface area (Å²) in [5.74, 6) is 0.601. The number of aromatic nitrogens is 1. The van der Waals surface area contributed by atoms with Crippen LogP contribution in [0.3, 0.4) is 0 Å². The van der Waals surface area contributed by atoms with E-state index in [0.717, 1.165) is 21.5 Å². The Labute approximate surface area is 144 Å². The van der Waals surface area contributed by atoms with Crippen molar-refractivity contribution in [1.82, 2.24) is 10.3 Å². The molecule has 2 aromatic carbocycles. The molecule has 1 atom stereocenters. The Morgan fingerprint density at radius 2 is 2.12 bits per heavy atom. The summed E-state index contributed by atoms with van der Waals surface area (Å²) in [5.41, 5.74) is 4.22. The third-order valence-corrected chi connectivity index (χ3v) is 4.52. The Balaban J connectivity index is 1.82. The molecular weight excluding hydrogens is 324 g/mol. The maximum absolute atomic E-state index is 12.6. The summed E-state index contributed by atoms with van der Waals surface area (Å²) in [7, 11) is 3.23. The van der Waals surface area contributed by atoms with Crippen molar-refractivity contribution >= 4 is 27.5 Å². The molecule has 24 heavy (non-hydrogen) atoms. The van der Waals surface area contributed by atoms with Crippen molar-refractivity contribution in [1.29, 1.82) is 0 Å². The first-order valence-electron chi connectivity index (χ1n) is 7.48. The average molecular weight is 342 g/mol. The van der Waals surface area contributed by atoms with E-state index in [4.69, 9.17) is 9.47 Å². The van der Waals surface area contributed by atoms with Gasteiger partial charge in [0.2, 0.25) is 0 Å². The molecule has 3 rings (SSSR count). The number of ether oxygens (including phenoxy) is 2. The minimum atomic E-state index is -0.255. The fraction of sp³-hybridized carbons (Fsp3) is 0.222. The predicted molar refractivity (Wildman–Crippen MR) is 94.7 cm³/mol. The lowest BCUT2D eigenvalue weighted by atomic mass is 10.1. The van der Waals surface area contributed by atoms with E-state index < -0.39 is 0 Å². The second-order valence-corrected chi connectivity index (χ2v) is 6.18. The van der Waals surface area contributed by atoms with Crippen LogP contribution >= 0.6 is 11.3 Å². The Kier molecular flexibility index (Phi) is 5.08. The molecule has 0 saturated heterocycles. The number of amides is 1. The average Bonchev–Trinajstić information content (AvgIpc) is 3.09. The molecule has 1 unspecified atom stereocenters. The lowest BCUT2D eigenvalue weighted by Gasteiger charge is -2.19. The normalized spacial score (nSPS) is 12.1. The van der Waals surface area contributed by atoms with Crippen molar-refractivity contribution in [2.24, 2.45) is 0 Å². The van der Waals surface area contributed by atoms with Crippen LogP contribution in [0.1, 0.15) is 22.0 Å². The Morgan fingerprint density at radius 3 is 2.92 bits per heavy atom. The largest absolute Gasteiger partial charge is 0.497 e. The lowest BCUT2D eigenvalue weighted by Crippen LogP contribution is -2.31. The number of fused-ring (bicyclic) bond motifs is 1. The molecule has 0 spiro atoms. The number of carbonyl (C=O) groups excluding carboxylic acids is 1. The van der Waals surface area contributed by atoms with Gasteiger partial charge in [-0.1, -0.05) is 12.1 Å². The van der Waals surface area contributed by atoms with Crippen molar-refractivity contribution in [2.75, 3.05) is 20.8 Å². The fourth-order valence-corrected chi connectivity index (χ4v) is 3.20. The summed E-state index contributed by atoms with van der Waals surface area (Å²) in [6.07, 6.45) is 0. The van der Waals surface area contributed by atoms with Crippen LogP contribution in [0.2, 0.25) is 0 Å². The zero-order valence-corrected chi connectivity index (χ0v) is 14.3. The van der Waals surface area contributed by atoms with E-state index in [9.17, 15) is 4.79 Å². The molecule has 0 aliphatic carbocycles. The topological polar surface area (TPSA) is 60.5 Å². The van der Waals surface area contributed by atoms with Gasteiger partial charge in [0.05, 0.1) is 35.5 Å². The first-order valence-corrected chi connectivity index (χ1v) is 8.36. The maximum atomic E-state index is 12.6. The number of rotatable bonds is 6. The number of nitrogens with zero attached hydrogens (tertiary/aromatic N) is 1. The Morgan fingerprint density at radius 1 is 1.25 bits per heavy atom. The van der Waals surface area contributed by atoms with E-state index >= 15 is 0 Å². The molecule has 0 aliphatic rings. The molecule has 124 valence electrons. The van der Waals surface area contributed by atoms with Crippen LogP contribution in [-0.4, -0.2) is 31.7 Å². The van der Waals surface area contributed by atoms with Crippen molar-refractivity contribution in [3.05, 3.63) is 59.1 Å². The SMILES string of the molecule is COCC(NC(=O)c1ccc2ncsc2c1)c1cccc(OC)c1. The van der Waals surface area contributed by atoms with Crippen molar-refractivity contribution in [3.8, 4) is 5.75 Å². The van der Waals surface area contributed by atoms with Gasteiger partial charge in [-0.2, -0.15) is 0 Å². The van der Waals surface area contributed by atoms with Gasteiger partial charge in [0.25, 0.3) is 5.91 Å². The smallest absolute Gasteiger partial charge is 0.251 e. The number of benzene rings is 2. The summed E-state index contributed by atoms with van der Waals surface area (Å²) >= 11 is 1.52. The van der Waals surface area contributed by atoms with Crippen molar-refractivity contribution in [3.63, 3.8) is 0 Å². The maximum Gasteiger partial charge on any atom is 0.251 e. The van der Waals surface area contributed by atoms with Crippen LogP contribution in [0.4, 0.5) is 0 Å². The van der Waals surface area contributed by atoms with E-state index in [0.29, 0.717) is 12.2 Å². The highest BCUT2D eigenvalue weighted by atomic mass is 32.1. The highest BCUT2D eigenvalue weighted by Crippen LogP contribution is 2.22. The number of methoxy groups -OCH3 is 2. The van der Waals surface area contributed by atoms with E-state index in [1.54, 1.807) is 25.8 Å². The van der Waals surface area contributed by atoms with Gasteiger partial charge < -0.3 is 14.8 Å². The highest BCUT2D eigenvalue weighted by molar-refractivity contribution is 7.16.